The molecule has 2 nitrogen and oxygen atoms in total. The average molecular weight is 234 g/mol. The van der Waals surface area contributed by atoms with E-state index in [1.54, 1.807) is 6.92 Å². The van der Waals surface area contributed by atoms with Gasteiger partial charge in [-0.15, -0.1) is 0 Å². The maximum atomic E-state index is 12.1. The Labute approximate surface area is 104 Å². The number of hydrogen-bond donors (Lipinski definition) is 0. The normalized spacial score (nSPS) is 18.0. The molecule has 1 aliphatic carbocycles. The van der Waals surface area contributed by atoms with E-state index in [-0.39, 0.29) is 22.4 Å². The quantitative estimate of drug-likeness (QED) is 0.685. The molecule has 0 bridgehead atoms. The van der Waals surface area contributed by atoms with E-state index < -0.39 is 0 Å². The van der Waals surface area contributed by atoms with E-state index in [1.807, 2.05) is 13.8 Å². The smallest absolute Gasteiger partial charge is 0.185 e. The van der Waals surface area contributed by atoms with Gasteiger partial charge in [-0.05, 0) is 36.3 Å². The largest absolute Gasteiger partial charge is 0.290 e. The van der Waals surface area contributed by atoms with Crippen LogP contribution in [0.3, 0.4) is 0 Å². The van der Waals surface area contributed by atoms with Crippen molar-refractivity contribution in [2.24, 2.45) is 10.8 Å². The molecule has 0 radical (unpaired) electrons. The van der Waals surface area contributed by atoms with Crippen molar-refractivity contribution in [3.8, 4) is 0 Å². The van der Waals surface area contributed by atoms with Gasteiger partial charge in [-0.2, -0.15) is 0 Å². The first-order valence-electron chi connectivity index (χ1n) is 6.02. The van der Waals surface area contributed by atoms with Crippen LogP contribution in [0.5, 0.6) is 0 Å². The number of allylic oxidation sites excluding steroid dienone is 4. The highest BCUT2D eigenvalue weighted by Crippen LogP contribution is 2.40. The van der Waals surface area contributed by atoms with E-state index in [0.717, 1.165) is 6.42 Å². The zero-order chi connectivity index (χ0) is 13.4. The molecule has 0 saturated carbocycles. The molecule has 0 N–H and O–H groups in total. The van der Waals surface area contributed by atoms with Crippen molar-refractivity contribution in [2.45, 2.75) is 48.0 Å². The molecule has 17 heavy (non-hydrogen) atoms. The zero-order valence-corrected chi connectivity index (χ0v) is 11.7. The Morgan fingerprint density at radius 3 is 2.00 bits per heavy atom. The average Bonchev–Trinajstić information content (AvgIpc) is 2.06. The molecule has 0 aromatic carbocycles. The maximum absolute atomic E-state index is 12.1. The van der Waals surface area contributed by atoms with Gasteiger partial charge in [-0.25, -0.2) is 0 Å². The summed E-state index contributed by atoms with van der Waals surface area (Å²) in [6.07, 6.45) is 3.79. The van der Waals surface area contributed by atoms with Crippen molar-refractivity contribution >= 4 is 11.6 Å². The van der Waals surface area contributed by atoms with Gasteiger partial charge >= 0.3 is 0 Å². The van der Waals surface area contributed by atoms with Crippen molar-refractivity contribution in [3.63, 3.8) is 0 Å². The lowest BCUT2D eigenvalue weighted by Crippen LogP contribution is -2.29. The molecule has 1 rings (SSSR count). The van der Waals surface area contributed by atoms with E-state index in [0.29, 0.717) is 11.1 Å². The van der Waals surface area contributed by atoms with Gasteiger partial charge in [0.05, 0.1) is 0 Å². The van der Waals surface area contributed by atoms with Crippen LogP contribution >= 0.6 is 0 Å². The lowest BCUT2D eigenvalue weighted by Gasteiger charge is -2.34. The third-order valence-electron chi connectivity index (χ3n) is 2.95. The molecule has 1 aliphatic rings. The second-order valence-electron chi connectivity index (χ2n) is 6.74. The first-order chi connectivity index (χ1) is 7.53. The minimum Gasteiger partial charge on any atom is -0.290 e. The van der Waals surface area contributed by atoms with Crippen molar-refractivity contribution in [1.29, 1.82) is 0 Å². The summed E-state index contributed by atoms with van der Waals surface area (Å²) in [6.45, 7) is 12.2. The second-order valence-corrected chi connectivity index (χ2v) is 6.74. The molecule has 0 aliphatic heterocycles. The molecule has 94 valence electrons. The van der Waals surface area contributed by atoms with Gasteiger partial charge in [0, 0.05) is 11.1 Å². The molecule has 0 fully saturated rings. The minimum atomic E-state index is -0.263. The molecule has 0 saturated heterocycles. The highest BCUT2D eigenvalue weighted by atomic mass is 16.1. The first-order valence-corrected chi connectivity index (χ1v) is 6.02. The van der Waals surface area contributed by atoms with Crippen LogP contribution in [0.15, 0.2) is 23.3 Å². The van der Waals surface area contributed by atoms with Crippen molar-refractivity contribution in [1.82, 2.24) is 0 Å². The van der Waals surface area contributed by atoms with Crippen molar-refractivity contribution in [3.05, 3.63) is 23.3 Å². The molecule has 0 amide bonds. The number of hydrogen-bond acceptors (Lipinski definition) is 2. The van der Waals surface area contributed by atoms with E-state index in [4.69, 9.17) is 0 Å². The lowest BCUT2D eigenvalue weighted by molar-refractivity contribution is -0.116. The molecule has 0 aromatic rings. The Hall–Kier alpha value is -1.18. The molecule has 0 heterocycles. The van der Waals surface area contributed by atoms with Gasteiger partial charge in [0.25, 0.3) is 0 Å². The Morgan fingerprint density at radius 2 is 1.53 bits per heavy atom. The fourth-order valence-corrected chi connectivity index (χ4v) is 2.66. The summed E-state index contributed by atoms with van der Waals surface area (Å²) in [5, 5.41) is 0. The fraction of sp³-hybridized carbons (Fsp3) is 0.600. The van der Waals surface area contributed by atoms with Gasteiger partial charge in [0.2, 0.25) is 0 Å². The molecular weight excluding hydrogens is 212 g/mol. The summed E-state index contributed by atoms with van der Waals surface area (Å²) in [4.78, 5) is 23.7. The van der Waals surface area contributed by atoms with Crippen LogP contribution in [0.2, 0.25) is 0 Å². The van der Waals surface area contributed by atoms with Crippen LogP contribution in [-0.2, 0) is 9.59 Å². The second kappa shape index (κ2) is 4.25. The summed E-state index contributed by atoms with van der Waals surface area (Å²) in [5.41, 5.74) is 1.07. The van der Waals surface area contributed by atoms with Crippen LogP contribution < -0.4 is 0 Å². The predicted octanol–water partition coefficient (Wildman–Crippen LogP) is 3.47. The lowest BCUT2D eigenvalue weighted by atomic mass is 9.69. The summed E-state index contributed by atoms with van der Waals surface area (Å²) in [6, 6.07) is 0. The Kier molecular flexibility index (Phi) is 3.47. The first kappa shape index (κ1) is 13.9. The topological polar surface area (TPSA) is 34.1 Å². The number of carbonyl (C=O) groups is 2. The summed E-state index contributed by atoms with van der Waals surface area (Å²) >= 11 is 0. The molecule has 2 heteroatoms. The summed E-state index contributed by atoms with van der Waals surface area (Å²) in [7, 11) is 0. The Morgan fingerprint density at radius 1 is 1.00 bits per heavy atom. The van der Waals surface area contributed by atoms with E-state index in [2.05, 4.69) is 20.8 Å². The number of ketones is 2. The summed E-state index contributed by atoms with van der Waals surface area (Å²) < 4.78 is 0. The third-order valence-corrected chi connectivity index (χ3v) is 2.95. The molecular formula is C15H22O2. The van der Waals surface area contributed by atoms with Crippen molar-refractivity contribution in [2.75, 3.05) is 0 Å². The van der Waals surface area contributed by atoms with Gasteiger partial charge in [0.15, 0.2) is 11.6 Å². The van der Waals surface area contributed by atoms with Crippen LogP contribution in [0.4, 0.5) is 0 Å². The van der Waals surface area contributed by atoms with Gasteiger partial charge < -0.3 is 0 Å². The molecule has 0 unspecified atom stereocenters. The van der Waals surface area contributed by atoms with Crippen molar-refractivity contribution < 1.29 is 9.59 Å². The summed E-state index contributed by atoms with van der Waals surface area (Å²) in [5.74, 6) is -0.0575. The van der Waals surface area contributed by atoms with Crippen LogP contribution in [0.1, 0.15) is 48.0 Å². The fourth-order valence-electron chi connectivity index (χ4n) is 2.66. The van der Waals surface area contributed by atoms with E-state index in [1.165, 1.54) is 12.2 Å². The Balaban J connectivity index is 3.08. The monoisotopic (exact) mass is 234 g/mol. The molecule has 0 spiro atoms. The Bertz CT molecular complexity index is 415. The van der Waals surface area contributed by atoms with Gasteiger partial charge in [-0.1, -0.05) is 34.6 Å². The predicted molar refractivity (Wildman–Crippen MR) is 69.7 cm³/mol. The number of Topliss-reactive ketones (excluding diaryl/α,β-unsaturated/α-hetero) is 1. The van der Waals surface area contributed by atoms with E-state index in [9.17, 15) is 9.59 Å². The van der Waals surface area contributed by atoms with Gasteiger partial charge in [0.1, 0.15) is 0 Å². The van der Waals surface area contributed by atoms with E-state index >= 15 is 0 Å². The zero-order valence-electron chi connectivity index (χ0n) is 11.7. The number of rotatable bonds is 2. The van der Waals surface area contributed by atoms with Gasteiger partial charge in [-0.3, -0.25) is 9.59 Å². The van der Waals surface area contributed by atoms with Crippen LogP contribution in [-0.4, -0.2) is 11.6 Å². The third kappa shape index (κ3) is 3.39. The number of carbonyl (C=O) groups excluding carboxylic acids is 2. The maximum Gasteiger partial charge on any atom is 0.185 e. The minimum absolute atomic E-state index is 0.0128. The highest BCUT2D eigenvalue weighted by molar-refractivity contribution is 6.20. The SMILES string of the molecule is CC1=CC(=O)C=C(C(C)(C)CC(C)(C)C)C1=O. The van der Waals surface area contributed by atoms with Crippen LogP contribution in [0.25, 0.3) is 0 Å². The van der Waals surface area contributed by atoms with Crippen LogP contribution in [0, 0.1) is 10.8 Å². The highest BCUT2D eigenvalue weighted by Gasteiger charge is 2.35. The standard InChI is InChI=1S/C15H22O2/c1-10-7-11(16)8-12(13(10)17)15(5,6)9-14(2,3)4/h7-8H,9H2,1-6H3. The molecule has 0 aromatic heterocycles. The molecule has 0 atom stereocenters.